The largest absolute Gasteiger partial charge is 0.505 e. The lowest BCUT2D eigenvalue weighted by Gasteiger charge is -2.42. The summed E-state index contributed by atoms with van der Waals surface area (Å²) in [6, 6.07) is 62.3. The number of phenolic OH excluding ortho intramolecular Hbond substituents is 1. The highest BCUT2D eigenvalue weighted by Crippen LogP contribution is 2.47. The Labute approximate surface area is 312 Å². The maximum atomic E-state index is 12.4. The lowest BCUT2D eigenvalue weighted by Crippen LogP contribution is -2.46. The van der Waals surface area contributed by atoms with E-state index in [4.69, 9.17) is 0 Å². The van der Waals surface area contributed by atoms with E-state index in [2.05, 4.69) is 196 Å². The van der Waals surface area contributed by atoms with Gasteiger partial charge in [0.1, 0.15) is 5.75 Å². The molecule has 0 radical (unpaired) electrons. The molecular formula is C49H36N4O. The minimum absolute atomic E-state index is 0.00347. The molecule has 2 aromatic heterocycles. The Balaban J connectivity index is 1.21. The van der Waals surface area contributed by atoms with E-state index in [9.17, 15) is 5.11 Å². The van der Waals surface area contributed by atoms with Gasteiger partial charge in [-0.1, -0.05) is 133 Å². The van der Waals surface area contributed by atoms with Gasteiger partial charge >= 0.3 is 0 Å². The lowest BCUT2D eigenvalue weighted by molar-refractivity contribution is 0.367. The van der Waals surface area contributed by atoms with Crippen LogP contribution in [0.25, 0.3) is 71.2 Å². The number of benzene rings is 8. The molecule has 1 aliphatic heterocycles. The summed E-state index contributed by atoms with van der Waals surface area (Å²) in [5.74, 6) is 0.275. The first kappa shape index (κ1) is 30.8. The third-order valence-electron chi connectivity index (χ3n) is 11.5. The van der Waals surface area contributed by atoms with Crippen molar-refractivity contribution in [2.45, 2.75) is 12.3 Å². The minimum Gasteiger partial charge on any atom is -0.505 e. The summed E-state index contributed by atoms with van der Waals surface area (Å²) in [6.45, 7) is 0. The molecule has 11 rings (SSSR count). The summed E-state index contributed by atoms with van der Waals surface area (Å²) in [4.78, 5) is 2.36. The Morgan fingerprint density at radius 2 is 1.20 bits per heavy atom. The quantitative estimate of drug-likeness (QED) is 0.193. The predicted molar refractivity (Wildman–Crippen MR) is 224 cm³/mol. The van der Waals surface area contributed by atoms with E-state index in [-0.39, 0.29) is 18.1 Å². The topological polar surface area (TPSA) is 45.4 Å². The molecule has 5 heteroatoms. The van der Waals surface area contributed by atoms with Crippen molar-refractivity contribution in [2.75, 3.05) is 11.9 Å². The summed E-state index contributed by atoms with van der Waals surface area (Å²) in [5.41, 5.74) is 10.6. The van der Waals surface area contributed by atoms with Crippen LogP contribution in [-0.4, -0.2) is 21.3 Å². The van der Waals surface area contributed by atoms with Crippen molar-refractivity contribution in [3.8, 4) is 22.6 Å². The van der Waals surface area contributed by atoms with Crippen LogP contribution in [0.2, 0.25) is 0 Å². The highest BCUT2D eigenvalue weighted by molar-refractivity contribution is 6.20. The van der Waals surface area contributed by atoms with Gasteiger partial charge in [0, 0.05) is 45.5 Å². The van der Waals surface area contributed by atoms with Gasteiger partial charge in [0.15, 0.2) is 6.29 Å². The highest BCUT2D eigenvalue weighted by atomic mass is 16.3. The van der Waals surface area contributed by atoms with Crippen molar-refractivity contribution in [3.63, 3.8) is 0 Å². The van der Waals surface area contributed by atoms with Crippen LogP contribution in [-0.2, 0) is 0 Å². The molecule has 1 aliphatic rings. The highest BCUT2D eigenvalue weighted by Gasteiger charge is 2.34. The van der Waals surface area contributed by atoms with E-state index in [1.54, 1.807) is 0 Å². The molecular weight excluding hydrogens is 661 g/mol. The van der Waals surface area contributed by atoms with Crippen LogP contribution in [0.1, 0.15) is 23.5 Å². The van der Waals surface area contributed by atoms with Gasteiger partial charge < -0.3 is 19.1 Å². The van der Waals surface area contributed by atoms with Gasteiger partial charge in [0.2, 0.25) is 0 Å². The van der Waals surface area contributed by atoms with Crippen LogP contribution >= 0.6 is 0 Å². The molecule has 2 N–H and O–H groups in total. The Morgan fingerprint density at radius 1 is 0.519 bits per heavy atom. The van der Waals surface area contributed by atoms with Crippen molar-refractivity contribution in [1.82, 2.24) is 14.5 Å². The fourth-order valence-electron chi connectivity index (χ4n) is 9.07. The van der Waals surface area contributed by atoms with Crippen molar-refractivity contribution < 1.29 is 5.11 Å². The number of para-hydroxylation sites is 3. The zero-order valence-corrected chi connectivity index (χ0v) is 29.7. The van der Waals surface area contributed by atoms with E-state index in [0.717, 1.165) is 60.4 Å². The minimum atomic E-state index is -0.189. The van der Waals surface area contributed by atoms with Crippen LogP contribution in [0, 0.1) is 0 Å². The number of hydrogen-bond acceptors (Lipinski definition) is 3. The van der Waals surface area contributed by atoms with E-state index < -0.39 is 0 Å². The number of nitrogens with one attached hydrogen (secondary N) is 1. The Kier molecular flexibility index (Phi) is 6.75. The van der Waals surface area contributed by atoms with Crippen LogP contribution in [0.3, 0.4) is 0 Å². The van der Waals surface area contributed by atoms with Gasteiger partial charge in [0.05, 0.1) is 28.1 Å². The number of nitrogens with zero attached hydrogens (tertiary/aromatic N) is 3. The van der Waals surface area contributed by atoms with Crippen LogP contribution in [0.5, 0.6) is 5.75 Å². The van der Waals surface area contributed by atoms with Crippen molar-refractivity contribution >= 4 is 60.1 Å². The van der Waals surface area contributed by atoms with E-state index >= 15 is 0 Å². The second kappa shape index (κ2) is 11.9. The molecule has 8 aromatic carbocycles. The van der Waals surface area contributed by atoms with E-state index in [1.807, 2.05) is 6.07 Å². The molecule has 0 spiro atoms. The fourth-order valence-corrected chi connectivity index (χ4v) is 9.07. The number of fused-ring (bicyclic) bond motifs is 8. The average Bonchev–Trinajstić information content (AvgIpc) is 3.73. The molecule has 5 nitrogen and oxygen atoms in total. The second-order valence-electron chi connectivity index (χ2n) is 14.4. The van der Waals surface area contributed by atoms with Crippen LogP contribution in [0.4, 0.5) is 5.69 Å². The Morgan fingerprint density at radius 3 is 2.06 bits per heavy atom. The number of phenols is 1. The van der Waals surface area contributed by atoms with Crippen molar-refractivity contribution in [3.05, 3.63) is 187 Å². The van der Waals surface area contributed by atoms with E-state index in [1.165, 1.54) is 27.6 Å². The predicted octanol–water partition coefficient (Wildman–Crippen LogP) is 11.7. The molecule has 0 saturated heterocycles. The van der Waals surface area contributed by atoms with Crippen LogP contribution < -0.4 is 10.2 Å². The molecule has 0 amide bonds. The first-order valence-corrected chi connectivity index (χ1v) is 18.5. The fraction of sp³-hybridized carbons (Fsp3) is 0.0612. The third-order valence-corrected chi connectivity index (χ3v) is 11.5. The number of hydrogen-bond donors (Lipinski definition) is 2. The summed E-state index contributed by atoms with van der Waals surface area (Å²) in [6.07, 6.45) is -0.189. The lowest BCUT2D eigenvalue weighted by atomic mass is 9.94. The summed E-state index contributed by atoms with van der Waals surface area (Å²) in [7, 11) is 2.19. The SMILES string of the molecule is CN1c2ccccc2C(c2ccccc2)NC1n1c2ccccc2c2cc3c4ccc(-c5cccc6ccccc56)c(O)c4n(-c4ccccc4)c3cc21. The molecule has 2 unspecified atom stereocenters. The summed E-state index contributed by atoms with van der Waals surface area (Å²) in [5, 5.41) is 23.3. The summed E-state index contributed by atoms with van der Waals surface area (Å²) >= 11 is 0. The molecule has 0 saturated carbocycles. The summed E-state index contributed by atoms with van der Waals surface area (Å²) < 4.78 is 4.71. The standard InChI is InChI=1S/C49H36N4O/c1-51-42-25-12-11-23-39(42)46(32-16-4-2-5-17-32)50-49(51)53-43-26-13-10-22-36(43)40-29-41-37-27-28-38(35-24-14-18-31-15-8-9-21-34(31)35)48(54)47(37)52(44(41)30-45(40)53)33-19-6-3-7-20-33/h2-30,46,49-50,54H,1H3. The number of anilines is 1. The molecule has 54 heavy (non-hydrogen) atoms. The van der Waals surface area contributed by atoms with Crippen molar-refractivity contribution in [2.24, 2.45) is 0 Å². The number of aromatic nitrogens is 2. The molecule has 0 bridgehead atoms. The zero-order valence-electron chi connectivity index (χ0n) is 29.7. The average molecular weight is 697 g/mol. The molecule has 0 aliphatic carbocycles. The monoisotopic (exact) mass is 696 g/mol. The second-order valence-corrected chi connectivity index (χ2v) is 14.4. The molecule has 3 heterocycles. The number of aromatic hydroxyl groups is 1. The molecule has 0 fully saturated rings. The molecule has 258 valence electrons. The van der Waals surface area contributed by atoms with Gasteiger partial charge in [-0.25, -0.2) is 0 Å². The van der Waals surface area contributed by atoms with Gasteiger partial charge in [0.25, 0.3) is 0 Å². The maximum Gasteiger partial charge on any atom is 0.162 e. The maximum absolute atomic E-state index is 12.4. The van der Waals surface area contributed by atoms with Gasteiger partial charge in [-0.2, -0.15) is 0 Å². The first-order chi connectivity index (χ1) is 26.7. The van der Waals surface area contributed by atoms with Gasteiger partial charge in [-0.15, -0.1) is 0 Å². The number of rotatable bonds is 4. The van der Waals surface area contributed by atoms with Gasteiger partial charge in [-0.3, -0.25) is 5.32 Å². The molecule has 2 atom stereocenters. The Hall–Kier alpha value is -6.82. The zero-order chi connectivity index (χ0) is 35.9. The Bertz CT molecular complexity index is 3060. The smallest absolute Gasteiger partial charge is 0.162 e. The van der Waals surface area contributed by atoms with Crippen LogP contribution in [0.15, 0.2) is 176 Å². The van der Waals surface area contributed by atoms with Crippen molar-refractivity contribution in [1.29, 1.82) is 0 Å². The van der Waals surface area contributed by atoms with Gasteiger partial charge in [-0.05, 0) is 69.9 Å². The normalized spacial score (nSPS) is 15.8. The third kappa shape index (κ3) is 4.42. The van der Waals surface area contributed by atoms with E-state index in [0.29, 0.717) is 0 Å². The molecule has 10 aromatic rings. The first-order valence-electron chi connectivity index (χ1n) is 18.5.